The average Bonchev–Trinajstić information content (AvgIpc) is 3.12. The molecule has 0 aliphatic carbocycles. The molecule has 0 atom stereocenters. The Balaban J connectivity index is 1.86. The van der Waals surface area contributed by atoms with Gasteiger partial charge in [-0.25, -0.2) is 0 Å². The Morgan fingerprint density at radius 1 is 1.29 bits per heavy atom. The van der Waals surface area contributed by atoms with Crippen LogP contribution in [-0.4, -0.2) is 35.1 Å². The Morgan fingerprint density at radius 2 is 2.07 bits per heavy atom. The molecule has 1 saturated heterocycles. The first-order chi connectivity index (χ1) is 13.6. The topological polar surface area (TPSA) is 115 Å². The molecule has 1 aliphatic rings. The fourth-order valence-electron chi connectivity index (χ4n) is 2.36. The van der Waals surface area contributed by atoms with Crippen LogP contribution in [0.15, 0.2) is 52.7 Å². The highest BCUT2D eigenvalue weighted by molar-refractivity contribution is 8.15. The first kappa shape index (κ1) is 19.4. The van der Waals surface area contributed by atoms with Crippen molar-refractivity contribution >= 4 is 34.7 Å². The van der Waals surface area contributed by atoms with Gasteiger partial charge in [-0.3, -0.25) is 14.9 Å². The van der Waals surface area contributed by atoms with Gasteiger partial charge in [0.25, 0.3) is 5.69 Å². The Kier molecular flexibility index (Phi) is 6.22. The summed E-state index contributed by atoms with van der Waals surface area (Å²) in [6.45, 7) is 0.274. The van der Waals surface area contributed by atoms with Crippen LogP contribution in [0.1, 0.15) is 11.1 Å². The molecule has 0 radical (unpaired) electrons. The lowest BCUT2D eigenvalue weighted by atomic mass is 10.1. The number of nitro benzene ring substituents is 1. The standard InChI is InChI=1S/C18H16N4O5S/c1-26-15-8-14(22(24)25)13(9-19-21-18-20-17(23)11-28-18)7-16(15)27-10-12-5-3-2-4-6-12/h2-9H,10-11H2,1H3,(H,20,21,23). The largest absolute Gasteiger partial charge is 0.493 e. The van der Waals surface area contributed by atoms with E-state index in [1.807, 2.05) is 30.3 Å². The summed E-state index contributed by atoms with van der Waals surface area (Å²) in [5.74, 6) is 0.694. The number of nitro groups is 1. The molecule has 28 heavy (non-hydrogen) atoms. The Labute approximate surface area is 164 Å². The van der Waals surface area contributed by atoms with Crippen molar-refractivity contribution in [2.24, 2.45) is 10.2 Å². The Morgan fingerprint density at radius 3 is 2.71 bits per heavy atom. The van der Waals surface area contributed by atoms with Crippen LogP contribution in [0.4, 0.5) is 5.69 Å². The summed E-state index contributed by atoms with van der Waals surface area (Å²) >= 11 is 1.21. The molecular weight excluding hydrogens is 384 g/mol. The maximum atomic E-state index is 11.4. The zero-order chi connectivity index (χ0) is 19.9. The molecule has 1 aliphatic heterocycles. The van der Waals surface area contributed by atoms with Crippen LogP contribution in [-0.2, 0) is 11.4 Å². The molecule has 0 bridgehead atoms. The third kappa shape index (κ3) is 4.86. The minimum Gasteiger partial charge on any atom is -0.493 e. The van der Waals surface area contributed by atoms with Gasteiger partial charge in [-0.2, -0.15) is 5.10 Å². The van der Waals surface area contributed by atoms with Gasteiger partial charge in [0.15, 0.2) is 16.7 Å². The first-order valence-corrected chi connectivity index (χ1v) is 9.12. The molecule has 2 aromatic carbocycles. The second kappa shape index (κ2) is 9.00. The summed E-state index contributed by atoms with van der Waals surface area (Å²) in [6.07, 6.45) is 1.24. The van der Waals surface area contributed by atoms with Crippen molar-refractivity contribution in [3.05, 3.63) is 63.7 Å². The molecule has 0 unspecified atom stereocenters. The average molecular weight is 400 g/mol. The number of ether oxygens (including phenoxy) is 2. The van der Waals surface area contributed by atoms with Crippen molar-refractivity contribution in [3.63, 3.8) is 0 Å². The monoisotopic (exact) mass is 400 g/mol. The lowest BCUT2D eigenvalue weighted by Crippen LogP contribution is -2.19. The molecule has 1 N–H and O–H groups in total. The third-order valence-electron chi connectivity index (χ3n) is 3.68. The predicted molar refractivity (Wildman–Crippen MR) is 106 cm³/mol. The molecule has 2 aromatic rings. The maximum Gasteiger partial charge on any atom is 0.282 e. The molecule has 9 nitrogen and oxygen atoms in total. The minimum absolute atomic E-state index is 0.161. The molecule has 0 spiro atoms. The highest BCUT2D eigenvalue weighted by atomic mass is 32.2. The lowest BCUT2D eigenvalue weighted by Gasteiger charge is -2.11. The van der Waals surface area contributed by atoms with Gasteiger partial charge in [0.1, 0.15) is 6.61 Å². The third-order valence-corrected chi connectivity index (χ3v) is 4.54. The molecule has 0 aromatic heterocycles. The van der Waals surface area contributed by atoms with Crippen LogP contribution < -0.4 is 14.8 Å². The Hall–Kier alpha value is -3.40. The van der Waals surface area contributed by atoms with E-state index in [1.54, 1.807) is 0 Å². The van der Waals surface area contributed by atoms with Crippen molar-refractivity contribution in [1.82, 2.24) is 5.32 Å². The van der Waals surface area contributed by atoms with E-state index in [0.717, 1.165) is 5.56 Å². The van der Waals surface area contributed by atoms with E-state index in [1.165, 1.54) is 37.2 Å². The number of thioether (sulfide) groups is 1. The molecular formula is C18H16N4O5S. The number of hydrogen-bond acceptors (Lipinski definition) is 8. The normalized spacial score (nSPS) is 15.0. The van der Waals surface area contributed by atoms with Gasteiger partial charge < -0.3 is 14.8 Å². The minimum atomic E-state index is -0.538. The van der Waals surface area contributed by atoms with E-state index >= 15 is 0 Å². The maximum absolute atomic E-state index is 11.4. The van der Waals surface area contributed by atoms with Crippen LogP contribution in [0.2, 0.25) is 0 Å². The molecule has 144 valence electrons. The van der Waals surface area contributed by atoms with Crippen molar-refractivity contribution < 1.29 is 19.2 Å². The quantitative estimate of drug-likeness (QED) is 0.434. The van der Waals surface area contributed by atoms with Crippen LogP contribution in [0.3, 0.4) is 0 Å². The number of amides is 1. The second-order valence-electron chi connectivity index (χ2n) is 5.58. The van der Waals surface area contributed by atoms with Gasteiger partial charge in [-0.05, 0) is 11.6 Å². The molecule has 3 rings (SSSR count). The fourth-order valence-corrected chi connectivity index (χ4v) is 2.99. The number of benzene rings is 2. The van der Waals surface area contributed by atoms with E-state index in [2.05, 4.69) is 15.5 Å². The number of methoxy groups -OCH3 is 1. The van der Waals surface area contributed by atoms with Crippen molar-refractivity contribution in [1.29, 1.82) is 0 Å². The van der Waals surface area contributed by atoms with E-state index in [4.69, 9.17) is 9.47 Å². The number of carbonyl (C=O) groups excluding carboxylic acids is 1. The molecule has 1 amide bonds. The van der Waals surface area contributed by atoms with Gasteiger partial charge in [0, 0.05) is 0 Å². The fraction of sp³-hybridized carbons (Fsp3) is 0.167. The molecule has 1 fully saturated rings. The molecule has 10 heteroatoms. The number of nitrogens with zero attached hydrogens (tertiary/aromatic N) is 3. The highest BCUT2D eigenvalue weighted by Crippen LogP contribution is 2.34. The van der Waals surface area contributed by atoms with Gasteiger partial charge in [0.05, 0.1) is 35.6 Å². The van der Waals surface area contributed by atoms with Crippen molar-refractivity contribution in [3.8, 4) is 11.5 Å². The number of nitrogens with one attached hydrogen (secondary N) is 1. The summed E-state index contributed by atoms with van der Waals surface area (Å²) in [5, 5.41) is 22.0. The van der Waals surface area contributed by atoms with Gasteiger partial charge in [-0.15, -0.1) is 5.10 Å². The van der Waals surface area contributed by atoms with Crippen LogP contribution in [0.25, 0.3) is 0 Å². The van der Waals surface area contributed by atoms with Crippen molar-refractivity contribution in [2.45, 2.75) is 6.61 Å². The van der Waals surface area contributed by atoms with E-state index in [9.17, 15) is 14.9 Å². The van der Waals surface area contributed by atoms with E-state index in [-0.39, 0.29) is 35.3 Å². The van der Waals surface area contributed by atoms with Gasteiger partial charge in [0.2, 0.25) is 5.91 Å². The van der Waals surface area contributed by atoms with Gasteiger partial charge >= 0.3 is 0 Å². The summed E-state index contributed by atoms with van der Waals surface area (Å²) in [4.78, 5) is 22.0. The van der Waals surface area contributed by atoms with Gasteiger partial charge in [-0.1, -0.05) is 42.1 Å². The number of carbonyl (C=O) groups is 1. The molecule has 0 saturated carbocycles. The smallest absolute Gasteiger partial charge is 0.282 e. The number of rotatable bonds is 7. The summed E-state index contributed by atoms with van der Waals surface area (Å²) in [5.41, 5.74) is 0.946. The zero-order valence-corrected chi connectivity index (χ0v) is 15.6. The van der Waals surface area contributed by atoms with Crippen LogP contribution in [0, 0.1) is 10.1 Å². The molecule has 1 heterocycles. The number of amidine groups is 1. The second-order valence-corrected chi connectivity index (χ2v) is 6.54. The first-order valence-electron chi connectivity index (χ1n) is 8.13. The summed E-state index contributed by atoms with van der Waals surface area (Å²) in [6, 6.07) is 12.3. The van der Waals surface area contributed by atoms with Crippen LogP contribution >= 0.6 is 11.8 Å². The van der Waals surface area contributed by atoms with Crippen molar-refractivity contribution in [2.75, 3.05) is 12.9 Å². The summed E-state index contributed by atoms with van der Waals surface area (Å²) in [7, 11) is 1.41. The SMILES string of the molecule is COc1cc([N+](=O)[O-])c(C=NN=C2NC(=O)CS2)cc1OCc1ccccc1. The number of hydrogen-bond donors (Lipinski definition) is 1. The predicted octanol–water partition coefficient (Wildman–Crippen LogP) is 2.74. The Bertz CT molecular complexity index is 946. The van der Waals surface area contributed by atoms with Crippen LogP contribution in [0.5, 0.6) is 11.5 Å². The zero-order valence-electron chi connectivity index (χ0n) is 14.8. The highest BCUT2D eigenvalue weighted by Gasteiger charge is 2.19. The van der Waals surface area contributed by atoms with E-state index < -0.39 is 4.92 Å². The summed E-state index contributed by atoms with van der Waals surface area (Å²) < 4.78 is 11.0. The van der Waals surface area contributed by atoms with E-state index in [0.29, 0.717) is 10.9 Å². The lowest BCUT2D eigenvalue weighted by molar-refractivity contribution is -0.385.